The number of anilines is 2. The second kappa shape index (κ2) is 10.5. The second-order valence-electron chi connectivity index (χ2n) is 8.53. The molecule has 0 spiro atoms. The van der Waals surface area contributed by atoms with Crippen LogP contribution in [0.25, 0.3) is 10.9 Å². The van der Waals surface area contributed by atoms with Crippen molar-refractivity contribution in [1.29, 1.82) is 0 Å². The summed E-state index contributed by atoms with van der Waals surface area (Å²) in [5.41, 5.74) is 0.644. The molecule has 0 saturated carbocycles. The van der Waals surface area contributed by atoms with Gasteiger partial charge in [-0.15, -0.1) is 0 Å². The Morgan fingerprint density at radius 1 is 1.14 bits per heavy atom. The molecule has 11 heteroatoms. The lowest BCUT2D eigenvalue weighted by atomic mass is 10.1. The summed E-state index contributed by atoms with van der Waals surface area (Å²) in [6, 6.07) is 7.82. The lowest BCUT2D eigenvalue weighted by Gasteiger charge is -2.18. The number of nitrogens with zero attached hydrogens (tertiary/aromatic N) is 3. The zero-order chi connectivity index (χ0) is 25.0. The number of cyclic esters (lactones) is 1. The Morgan fingerprint density at radius 2 is 1.91 bits per heavy atom. The number of hydrogen-bond donors (Lipinski definition) is 1. The zero-order valence-corrected chi connectivity index (χ0v) is 20.4. The highest BCUT2D eigenvalue weighted by Crippen LogP contribution is 2.35. The van der Waals surface area contributed by atoms with Gasteiger partial charge in [0.25, 0.3) is 0 Å². The van der Waals surface area contributed by atoms with E-state index in [1.807, 2.05) is 13.8 Å². The van der Waals surface area contributed by atoms with Crippen LogP contribution in [0.2, 0.25) is 5.02 Å². The van der Waals surface area contributed by atoms with Gasteiger partial charge in [-0.3, -0.25) is 0 Å². The van der Waals surface area contributed by atoms with Gasteiger partial charge >= 0.3 is 6.09 Å². The van der Waals surface area contributed by atoms with Gasteiger partial charge in [0.15, 0.2) is 11.5 Å². The van der Waals surface area contributed by atoms with E-state index in [-0.39, 0.29) is 17.7 Å². The first-order valence-electron chi connectivity index (χ1n) is 11.0. The van der Waals surface area contributed by atoms with E-state index >= 15 is 0 Å². The van der Waals surface area contributed by atoms with Crippen LogP contribution < -0.4 is 14.8 Å². The van der Waals surface area contributed by atoms with E-state index in [4.69, 9.17) is 30.5 Å². The molecule has 0 unspecified atom stereocenters. The fourth-order valence-electron chi connectivity index (χ4n) is 3.63. The molecular weight excluding hydrogens is 479 g/mol. The van der Waals surface area contributed by atoms with Crippen molar-refractivity contribution in [3.63, 3.8) is 0 Å². The quantitative estimate of drug-likeness (QED) is 0.393. The molecule has 0 aliphatic carbocycles. The lowest BCUT2D eigenvalue weighted by molar-refractivity contribution is 0.0857. The largest absolute Gasteiger partial charge is 0.488 e. The smallest absolute Gasteiger partial charge is 0.410 e. The van der Waals surface area contributed by atoms with Gasteiger partial charge < -0.3 is 29.2 Å². The molecule has 1 aliphatic rings. The van der Waals surface area contributed by atoms with Gasteiger partial charge in [-0.2, -0.15) is 0 Å². The highest BCUT2D eigenvalue weighted by molar-refractivity contribution is 6.31. The molecule has 1 N–H and O–H groups in total. The van der Waals surface area contributed by atoms with Crippen LogP contribution in [-0.4, -0.2) is 66.6 Å². The molecule has 1 amide bonds. The third-order valence-corrected chi connectivity index (χ3v) is 5.53. The van der Waals surface area contributed by atoms with E-state index in [2.05, 4.69) is 15.3 Å². The van der Waals surface area contributed by atoms with Gasteiger partial charge in [0.05, 0.1) is 30.2 Å². The van der Waals surface area contributed by atoms with Gasteiger partial charge in [0.2, 0.25) is 0 Å². The van der Waals surface area contributed by atoms with Crippen LogP contribution in [-0.2, 0) is 9.47 Å². The maximum atomic E-state index is 13.6. The number of aromatic nitrogens is 2. The van der Waals surface area contributed by atoms with Crippen LogP contribution in [0.3, 0.4) is 0 Å². The summed E-state index contributed by atoms with van der Waals surface area (Å²) in [5, 5.41) is 3.79. The highest BCUT2D eigenvalue weighted by Gasteiger charge is 2.37. The molecule has 4 rings (SSSR count). The second-order valence-corrected chi connectivity index (χ2v) is 8.94. The number of carbonyl (C=O) groups is 1. The molecule has 2 heterocycles. The van der Waals surface area contributed by atoms with E-state index < -0.39 is 11.4 Å². The summed E-state index contributed by atoms with van der Waals surface area (Å²) in [6.07, 6.45) is 1.04. The first kappa shape index (κ1) is 24.7. The number of ether oxygens (including phenoxy) is 4. The van der Waals surface area contributed by atoms with Crippen molar-refractivity contribution in [2.24, 2.45) is 0 Å². The summed E-state index contributed by atoms with van der Waals surface area (Å²) in [5.74, 6) is 0.906. The molecule has 0 radical (unpaired) electrons. The molecule has 1 fully saturated rings. The summed E-state index contributed by atoms with van der Waals surface area (Å²) < 4.78 is 35.8. The third-order valence-electron chi connectivity index (χ3n) is 5.24. The van der Waals surface area contributed by atoms with Crippen molar-refractivity contribution >= 4 is 40.1 Å². The van der Waals surface area contributed by atoms with E-state index in [9.17, 15) is 9.18 Å². The van der Waals surface area contributed by atoms with Crippen molar-refractivity contribution in [2.75, 3.05) is 45.3 Å². The molecule has 2 aromatic carbocycles. The number of benzene rings is 2. The Kier molecular flexibility index (Phi) is 7.42. The first-order chi connectivity index (χ1) is 16.8. The van der Waals surface area contributed by atoms with Crippen molar-refractivity contribution in [3.8, 4) is 11.5 Å². The number of fused-ring (bicyclic) bond motifs is 1. The lowest BCUT2D eigenvalue weighted by Crippen LogP contribution is -2.31. The minimum Gasteiger partial charge on any atom is -0.488 e. The highest BCUT2D eigenvalue weighted by atomic mass is 35.5. The molecular formula is C24H26ClFN4O5. The average Bonchev–Trinajstić information content (AvgIpc) is 3.08. The van der Waals surface area contributed by atoms with Gasteiger partial charge in [0.1, 0.15) is 36.8 Å². The predicted molar refractivity (Wildman–Crippen MR) is 129 cm³/mol. The standard InChI is InChI=1S/C24H26ClFN4O5/c1-24(2)13-30(23(31)35-24)6-7-33-20-11-16-19(12-21(20)34-9-8-32-3)27-14-28-22(16)29-15-4-5-18(26)17(25)10-15/h4-5,10-12,14H,6-9,13H2,1-3H3,(H,27,28,29). The van der Waals surface area contributed by atoms with Crippen molar-refractivity contribution < 1.29 is 28.1 Å². The van der Waals surface area contributed by atoms with Gasteiger partial charge in [0, 0.05) is 24.2 Å². The fourth-order valence-corrected chi connectivity index (χ4v) is 3.81. The minimum atomic E-state index is -0.532. The van der Waals surface area contributed by atoms with Gasteiger partial charge in [-0.25, -0.2) is 19.2 Å². The van der Waals surface area contributed by atoms with Crippen LogP contribution in [0.15, 0.2) is 36.7 Å². The fraction of sp³-hybridized carbons (Fsp3) is 0.375. The molecule has 35 heavy (non-hydrogen) atoms. The minimum absolute atomic E-state index is 0.00479. The number of methoxy groups -OCH3 is 1. The summed E-state index contributed by atoms with van der Waals surface area (Å²) in [4.78, 5) is 22.3. The van der Waals surface area contributed by atoms with Crippen LogP contribution in [0.1, 0.15) is 13.8 Å². The third kappa shape index (κ3) is 6.01. The summed E-state index contributed by atoms with van der Waals surface area (Å²) in [6.45, 7) is 5.48. The van der Waals surface area contributed by atoms with Crippen molar-refractivity contribution in [2.45, 2.75) is 19.4 Å². The molecule has 9 nitrogen and oxygen atoms in total. The normalized spacial score (nSPS) is 14.8. The Bertz CT molecular complexity index is 1230. The molecule has 1 saturated heterocycles. The molecule has 0 bridgehead atoms. The average molecular weight is 505 g/mol. The maximum absolute atomic E-state index is 13.6. The number of nitrogens with one attached hydrogen (secondary N) is 1. The molecule has 186 valence electrons. The van der Waals surface area contributed by atoms with Crippen LogP contribution in [0.4, 0.5) is 20.7 Å². The van der Waals surface area contributed by atoms with E-state index in [1.165, 1.54) is 18.5 Å². The van der Waals surface area contributed by atoms with E-state index in [1.54, 1.807) is 30.2 Å². The molecule has 3 aromatic rings. The Morgan fingerprint density at radius 3 is 2.63 bits per heavy atom. The SMILES string of the molecule is COCCOc1cc2ncnc(Nc3ccc(F)c(Cl)c3)c2cc1OCCN1CC(C)(C)OC1=O. The van der Waals surface area contributed by atoms with Crippen molar-refractivity contribution in [1.82, 2.24) is 14.9 Å². The zero-order valence-electron chi connectivity index (χ0n) is 19.6. The number of carbonyl (C=O) groups excluding carboxylic acids is 1. The van der Waals surface area contributed by atoms with Crippen LogP contribution >= 0.6 is 11.6 Å². The first-order valence-corrected chi connectivity index (χ1v) is 11.4. The van der Waals surface area contributed by atoms with Crippen LogP contribution in [0.5, 0.6) is 11.5 Å². The summed E-state index contributed by atoms with van der Waals surface area (Å²) in [7, 11) is 1.59. The number of rotatable bonds is 10. The topological polar surface area (TPSA) is 95.0 Å². The van der Waals surface area contributed by atoms with Gasteiger partial charge in [-0.1, -0.05) is 11.6 Å². The monoisotopic (exact) mass is 504 g/mol. The number of halogens is 2. The Hall–Kier alpha value is -3.37. The van der Waals surface area contributed by atoms with Crippen LogP contribution in [0, 0.1) is 5.82 Å². The van der Waals surface area contributed by atoms with Crippen molar-refractivity contribution in [3.05, 3.63) is 47.5 Å². The molecule has 1 aliphatic heterocycles. The predicted octanol–water partition coefficient (Wildman–Crippen LogP) is 4.80. The molecule has 0 atom stereocenters. The molecule has 1 aromatic heterocycles. The summed E-state index contributed by atoms with van der Waals surface area (Å²) >= 11 is 5.91. The van der Waals surface area contributed by atoms with Gasteiger partial charge in [-0.05, 0) is 38.1 Å². The Labute approximate surface area is 207 Å². The number of hydrogen-bond acceptors (Lipinski definition) is 8. The van der Waals surface area contributed by atoms with E-state index in [0.717, 1.165) is 0 Å². The maximum Gasteiger partial charge on any atom is 0.410 e. The number of amides is 1. The van der Waals surface area contributed by atoms with E-state index in [0.29, 0.717) is 60.2 Å². The Balaban J connectivity index is 1.59.